The lowest BCUT2D eigenvalue weighted by molar-refractivity contribution is 0.0696. The fraction of sp³-hybridized carbons (Fsp3) is 0.533. The van der Waals surface area contributed by atoms with Crippen LogP contribution in [0.25, 0.3) is 0 Å². The molecule has 3 nitrogen and oxygen atoms in total. The van der Waals surface area contributed by atoms with Crippen LogP contribution in [0.3, 0.4) is 0 Å². The van der Waals surface area contributed by atoms with Crippen molar-refractivity contribution in [3.05, 3.63) is 34.3 Å². The van der Waals surface area contributed by atoms with Gasteiger partial charge in [-0.05, 0) is 42.5 Å². The van der Waals surface area contributed by atoms with Crippen molar-refractivity contribution in [3.63, 3.8) is 0 Å². The van der Waals surface area contributed by atoms with Crippen molar-refractivity contribution in [3.8, 4) is 0 Å². The standard InChI is InChI=1S/C15H20ClNO2/c1-10(2)11-7-12(9-13(16)8-11)15(18)17-14-3-5-19-6-4-14/h7-10,14H,3-6H2,1-2H3,(H,17,18). The van der Waals surface area contributed by atoms with Gasteiger partial charge in [0.05, 0.1) is 0 Å². The summed E-state index contributed by atoms with van der Waals surface area (Å²) in [7, 11) is 0. The molecular weight excluding hydrogens is 262 g/mol. The van der Waals surface area contributed by atoms with Crippen molar-refractivity contribution in [1.29, 1.82) is 0 Å². The van der Waals surface area contributed by atoms with Crippen LogP contribution in [-0.2, 0) is 4.74 Å². The van der Waals surface area contributed by atoms with E-state index in [9.17, 15) is 4.79 Å². The van der Waals surface area contributed by atoms with Crippen molar-refractivity contribution in [2.45, 2.75) is 38.6 Å². The number of amides is 1. The van der Waals surface area contributed by atoms with Crippen molar-refractivity contribution >= 4 is 17.5 Å². The van der Waals surface area contributed by atoms with E-state index >= 15 is 0 Å². The molecule has 0 radical (unpaired) electrons. The average molecular weight is 282 g/mol. The molecule has 0 bridgehead atoms. The van der Waals surface area contributed by atoms with E-state index in [0.29, 0.717) is 16.5 Å². The Bertz CT molecular complexity index is 453. The summed E-state index contributed by atoms with van der Waals surface area (Å²) < 4.78 is 5.28. The van der Waals surface area contributed by atoms with Gasteiger partial charge in [-0.25, -0.2) is 0 Å². The zero-order chi connectivity index (χ0) is 13.8. The number of benzene rings is 1. The highest BCUT2D eigenvalue weighted by Crippen LogP contribution is 2.22. The minimum atomic E-state index is -0.0451. The Morgan fingerprint density at radius 2 is 2.00 bits per heavy atom. The van der Waals surface area contributed by atoms with E-state index in [2.05, 4.69) is 19.2 Å². The average Bonchev–Trinajstić information content (AvgIpc) is 2.39. The maximum atomic E-state index is 12.2. The van der Waals surface area contributed by atoms with Crippen molar-refractivity contribution in [2.24, 2.45) is 0 Å². The van der Waals surface area contributed by atoms with E-state index in [-0.39, 0.29) is 11.9 Å². The minimum Gasteiger partial charge on any atom is -0.381 e. The topological polar surface area (TPSA) is 38.3 Å². The lowest BCUT2D eigenvalue weighted by Gasteiger charge is -2.23. The Kier molecular flexibility index (Phi) is 4.83. The lowest BCUT2D eigenvalue weighted by Crippen LogP contribution is -2.38. The van der Waals surface area contributed by atoms with E-state index in [1.165, 1.54) is 0 Å². The molecule has 0 saturated carbocycles. The second-order valence-corrected chi connectivity index (χ2v) is 5.72. The van der Waals surface area contributed by atoms with Crippen LogP contribution in [0, 0.1) is 0 Å². The molecule has 1 N–H and O–H groups in total. The highest BCUT2D eigenvalue weighted by atomic mass is 35.5. The number of nitrogens with one attached hydrogen (secondary N) is 1. The predicted octanol–water partition coefficient (Wildman–Crippen LogP) is 3.37. The van der Waals surface area contributed by atoms with Crippen LogP contribution in [0.2, 0.25) is 5.02 Å². The van der Waals surface area contributed by atoms with Crippen molar-refractivity contribution in [2.75, 3.05) is 13.2 Å². The Morgan fingerprint density at radius 3 is 2.63 bits per heavy atom. The van der Waals surface area contributed by atoms with Crippen LogP contribution in [0.15, 0.2) is 18.2 Å². The maximum Gasteiger partial charge on any atom is 0.251 e. The Hall–Kier alpha value is -1.06. The number of hydrogen-bond donors (Lipinski definition) is 1. The van der Waals surface area contributed by atoms with E-state index < -0.39 is 0 Å². The SMILES string of the molecule is CC(C)c1cc(Cl)cc(C(=O)NC2CCOCC2)c1. The first-order chi connectivity index (χ1) is 9.06. The summed E-state index contributed by atoms with van der Waals surface area (Å²) in [5, 5.41) is 3.67. The van der Waals surface area contributed by atoms with Gasteiger partial charge in [0, 0.05) is 29.8 Å². The number of carbonyl (C=O) groups excluding carboxylic acids is 1. The summed E-state index contributed by atoms with van der Waals surface area (Å²) in [5.41, 5.74) is 1.73. The number of rotatable bonds is 3. The molecule has 4 heteroatoms. The van der Waals surface area contributed by atoms with Crippen molar-refractivity contribution in [1.82, 2.24) is 5.32 Å². The van der Waals surface area contributed by atoms with Crippen LogP contribution in [0.1, 0.15) is 48.5 Å². The van der Waals surface area contributed by atoms with E-state index in [1.54, 1.807) is 6.07 Å². The quantitative estimate of drug-likeness (QED) is 0.922. The number of halogens is 1. The molecule has 1 saturated heterocycles. The number of hydrogen-bond acceptors (Lipinski definition) is 2. The molecule has 0 aromatic heterocycles. The number of carbonyl (C=O) groups is 1. The Balaban J connectivity index is 2.09. The summed E-state index contributed by atoms with van der Waals surface area (Å²) >= 11 is 6.08. The first kappa shape index (κ1) is 14.4. The molecule has 19 heavy (non-hydrogen) atoms. The normalized spacial score (nSPS) is 16.6. The molecule has 1 aliphatic rings. The highest BCUT2D eigenvalue weighted by molar-refractivity contribution is 6.31. The van der Waals surface area contributed by atoms with E-state index in [4.69, 9.17) is 16.3 Å². The third kappa shape index (κ3) is 3.95. The summed E-state index contributed by atoms with van der Waals surface area (Å²) in [5.74, 6) is 0.310. The largest absolute Gasteiger partial charge is 0.381 e. The van der Waals surface area contributed by atoms with Gasteiger partial charge in [-0.3, -0.25) is 4.79 Å². The summed E-state index contributed by atoms with van der Waals surface area (Å²) in [6.07, 6.45) is 1.76. The molecule has 0 spiro atoms. The molecule has 1 fully saturated rings. The van der Waals surface area contributed by atoms with Gasteiger partial charge in [0.1, 0.15) is 0 Å². The Labute approximate surface area is 119 Å². The predicted molar refractivity (Wildman–Crippen MR) is 76.8 cm³/mol. The number of ether oxygens (including phenoxy) is 1. The Morgan fingerprint density at radius 1 is 1.32 bits per heavy atom. The van der Waals surface area contributed by atoms with Gasteiger partial charge in [-0.2, -0.15) is 0 Å². The zero-order valence-corrected chi connectivity index (χ0v) is 12.2. The van der Waals surface area contributed by atoms with Gasteiger partial charge < -0.3 is 10.1 Å². The fourth-order valence-corrected chi connectivity index (χ4v) is 2.43. The zero-order valence-electron chi connectivity index (χ0n) is 11.4. The molecule has 104 valence electrons. The molecule has 0 atom stereocenters. The fourth-order valence-electron chi connectivity index (χ4n) is 2.19. The van der Waals surface area contributed by atoms with Gasteiger partial charge in [0.25, 0.3) is 5.91 Å². The van der Waals surface area contributed by atoms with Crippen LogP contribution in [0.4, 0.5) is 0 Å². The van der Waals surface area contributed by atoms with Crippen molar-refractivity contribution < 1.29 is 9.53 Å². The van der Waals surface area contributed by atoms with E-state index in [0.717, 1.165) is 31.6 Å². The lowest BCUT2D eigenvalue weighted by atomic mass is 10.00. The molecule has 1 aromatic carbocycles. The summed E-state index contributed by atoms with van der Waals surface area (Å²) in [6.45, 7) is 5.62. The molecule has 2 rings (SSSR count). The van der Waals surface area contributed by atoms with Gasteiger partial charge in [0.2, 0.25) is 0 Å². The molecule has 1 amide bonds. The molecule has 0 aliphatic carbocycles. The molecular formula is C15H20ClNO2. The van der Waals surface area contributed by atoms with Gasteiger partial charge in [0.15, 0.2) is 0 Å². The van der Waals surface area contributed by atoms with Crippen LogP contribution in [-0.4, -0.2) is 25.2 Å². The van der Waals surface area contributed by atoms with Crippen LogP contribution < -0.4 is 5.32 Å². The summed E-state index contributed by atoms with van der Waals surface area (Å²) in [4.78, 5) is 12.2. The van der Waals surface area contributed by atoms with Gasteiger partial charge in [-0.1, -0.05) is 25.4 Å². The third-order valence-corrected chi connectivity index (χ3v) is 3.62. The minimum absolute atomic E-state index is 0.0451. The molecule has 1 aliphatic heterocycles. The smallest absolute Gasteiger partial charge is 0.251 e. The monoisotopic (exact) mass is 281 g/mol. The van der Waals surface area contributed by atoms with Crippen LogP contribution in [0.5, 0.6) is 0 Å². The van der Waals surface area contributed by atoms with Crippen LogP contribution >= 0.6 is 11.6 Å². The van der Waals surface area contributed by atoms with E-state index in [1.807, 2.05) is 12.1 Å². The van der Waals surface area contributed by atoms with Gasteiger partial charge >= 0.3 is 0 Å². The first-order valence-corrected chi connectivity index (χ1v) is 7.13. The van der Waals surface area contributed by atoms with Gasteiger partial charge in [-0.15, -0.1) is 0 Å². The molecule has 0 unspecified atom stereocenters. The second-order valence-electron chi connectivity index (χ2n) is 5.29. The molecule has 1 heterocycles. The maximum absolute atomic E-state index is 12.2. The second kappa shape index (κ2) is 6.40. The molecule has 1 aromatic rings. The third-order valence-electron chi connectivity index (χ3n) is 3.41. The summed E-state index contributed by atoms with van der Waals surface area (Å²) in [6, 6.07) is 5.77. The first-order valence-electron chi connectivity index (χ1n) is 6.75. The highest BCUT2D eigenvalue weighted by Gasteiger charge is 2.17.